The lowest BCUT2D eigenvalue weighted by atomic mass is 9.93. The molecule has 2 nitrogen and oxygen atoms in total. The molecule has 2 atom stereocenters. The molecule has 0 aliphatic heterocycles. The van der Waals surface area contributed by atoms with Crippen LogP contribution in [0.5, 0.6) is 0 Å². The Balaban J connectivity index is 2.36. The molecule has 230 valence electrons. The SMILES string of the molecule is CCCCCCCCCCCCCCC(C)[n+]1cc[nH]c1C(CCCCCCC)CCCCCCCCCC. The summed E-state index contributed by atoms with van der Waals surface area (Å²) in [4.78, 5) is 3.72. The number of rotatable bonds is 30. The van der Waals surface area contributed by atoms with E-state index in [-0.39, 0.29) is 0 Å². The molecule has 0 amide bonds. The fourth-order valence-corrected chi connectivity index (χ4v) is 6.43. The molecule has 0 fully saturated rings. The highest BCUT2D eigenvalue weighted by Gasteiger charge is 2.25. The Labute approximate surface area is 246 Å². The van der Waals surface area contributed by atoms with E-state index in [1.807, 2.05) is 0 Å². The fraction of sp³-hybridized carbons (Fsp3) is 0.919. The van der Waals surface area contributed by atoms with E-state index in [4.69, 9.17) is 0 Å². The lowest BCUT2D eigenvalue weighted by Gasteiger charge is -2.17. The monoisotopic (exact) mass is 546 g/mol. The van der Waals surface area contributed by atoms with Gasteiger partial charge in [0.2, 0.25) is 0 Å². The van der Waals surface area contributed by atoms with Crippen LogP contribution in [0.3, 0.4) is 0 Å². The van der Waals surface area contributed by atoms with Crippen molar-refractivity contribution in [3.8, 4) is 0 Å². The van der Waals surface area contributed by atoms with Crippen molar-refractivity contribution in [3.63, 3.8) is 0 Å². The van der Waals surface area contributed by atoms with E-state index in [0.29, 0.717) is 12.0 Å². The highest BCUT2D eigenvalue weighted by Crippen LogP contribution is 2.27. The van der Waals surface area contributed by atoms with Crippen molar-refractivity contribution in [1.82, 2.24) is 4.98 Å². The van der Waals surface area contributed by atoms with E-state index in [0.717, 1.165) is 0 Å². The second-order valence-corrected chi connectivity index (χ2v) is 12.9. The fourth-order valence-electron chi connectivity index (χ4n) is 6.43. The smallest absolute Gasteiger partial charge is 0.247 e. The molecule has 2 unspecified atom stereocenters. The summed E-state index contributed by atoms with van der Waals surface area (Å²) in [6, 6.07) is 0.621. The molecule has 0 saturated carbocycles. The molecule has 0 aliphatic rings. The topological polar surface area (TPSA) is 19.7 Å². The van der Waals surface area contributed by atoms with Gasteiger partial charge in [0, 0.05) is 0 Å². The van der Waals surface area contributed by atoms with Gasteiger partial charge in [-0.05, 0) is 32.6 Å². The summed E-state index contributed by atoms with van der Waals surface area (Å²) in [5.74, 6) is 2.24. The maximum absolute atomic E-state index is 3.72. The minimum atomic E-state index is 0.621. The molecule has 1 heterocycles. The lowest BCUT2D eigenvalue weighted by molar-refractivity contribution is -0.727. The molecule has 1 aromatic rings. The van der Waals surface area contributed by atoms with Crippen molar-refractivity contribution in [2.45, 2.75) is 219 Å². The van der Waals surface area contributed by atoms with Crippen LogP contribution in [0.15, 0.2) is 12.4 Å². The van der Waals surface area contributed by atoms with Gasteiger partial charge >= 0.3 is 0 Å². The number of unbranched alkanes of at least 4 members (excludes halogenated alkanes) is 22. The van der Waals surface area contributed by atoms with E-state index in [9.17, 15) is 0 Å². The van der Waals surface area contributed by atoms with Gasteiger partial charge in [-0.25, -0.2) is 9.55 Å². The van der Waals surface area contributed by atoms with Gasteiger partial charge in [-0.3, -0.25) is 0 Å². The van der Waals surface area contributed by atoms with Crippen LogP contribution in [0.2, 0.25) is 0 Å². The molecule has 39 heavy (non-hydrogen) atoms. The highest BCUT2D eigenvalue weighted by atomic mass is 15.1. The number of aromatic amines is 1. The van der Waals surface area contributed by atoms with Gasteiger partial charge in [-0.15, -0.1) is 0 Å². The summed E-state index contributed by atoms with van der Waals surface area (Å²) < 4.78 is 2.62. The first-order valence-electron chi connectivity index (χ1n) is 18.3. The second kappa shape index (κ2) is 27.4. The zero-order valence-electron chi connectivity index (χ0n) is 27.6. The van der Waals surface area contributed by atoms with E-state index in [1.165, 1.54) is 186 Å². The van der Waals surface area contributed by atoms with E-state index in [2.05, 4.69) is 49.6 Å². The van der Waals surface area contributed by atoms with Crippen LogP contribution in [-0.4, -0.2) is 4.98 Å². The molecule has 1 aromatic heterocycles. The molecule has 1 N–H and O–H groups in total. The Morgan fingerprint density at radius 1 is 0.487 bits per heavy atom. The van der Waals surface area contributed by atoms with Gasteiger partial charge in [0.05, 0.1) is 12.0 Å². The van der Waals surface area contributed by atoms with Crippen molar-refractivity contribution >= 4 is 0 Å². The average molecular weight is 546 g/mol. The van der Waals surface area contributed by atoms with Crippen LogP contribution in [0.4, 0.5) is 0 Å². The molecular weight excluding hydrogens is 472 g/mol. The van der Waals surface area contributed by atoms with Gasteiger partial charge in [-0.2, -0.15) is 0 Å². The Kier molecular flexibility index (Phi) is 25.4. The third-order valence-corrected chi connectivity index (χ3v) is 9.14. The molecule has 0 radical (unpaired) electrons. The minimum absolute atomic E-state index is 0.621. The first-order chi connectivity index (χ1) is 19.2. The van der Waals surface area contributed by atoms with Crippen molar-refractivity contribution in [1.29, 1.82) is 0 Å². The quantitative estimate of drug-likeness (QED) is 0.0732. The average Bonchev–Trinajstić information content (AvgIpc) is 3.44. The predicted octanol–water partition coefficient (Wildman–Crippen LogP) is 12.9. The zero-order chi connectivity index (χ0) is 28.2. The summed E-state index contributed by atoms with van der Waals surface area (Å²) in [6.45, 7) is 9.41. The van der Waals surface area contributed by atoms with Crippen LogP contribution in [0.1, 0.15) is 225 Å². The number of H-pyrrole nitrogens is 1. The van der Waals surface area contributed by atoms with E-state index in [1.54, 1.807) is 0 Å². The van der Waals surface area contributed by atoms with Crippen LogP contribution in [0.25, 0.3) is 0 Å². The number of aromatic nitrogens is 2. The minimum Gasteiger partial charge on any atom is -0.247 e. The summed E-state index contributed by atoms with van der Waals surface area (Å²) >= 11 is 0. The highest BCUT2D eigenvalue weighted by molar-refractivity contribution is 4.90. The van der Waals surface area contributed by atoms with Crippen LogP contribution >= 0.6 is 0 Å². The van der Waals surface area contributed by atoms with Gasteiger partial charge in [-0.1, -0.05) is 175 Å². The molecule has 2 heteroatoms. The predicted molar refractivity (Wildman–Crippen MR) is 175 cm³/mol. The van der Waals surface area contributed by atoms with Gasteiger partial charge in [0.1, 0.15) is 12.4 Å². The van der Waals surface area contributed by atoms with Crippen LogP contribution in [0, 0.1) is 0 Å². The molecule has 1 rings (SSSR count). The third-order valence-electron chi connectivity index (χ3n) is 9.14. The third kappa shape index (κ3) is 19.8. The van der Waals surface area contributed by atoms with Gasteiger partial charge in [0.25, 0.3) is 5.82 Å². The molecule has 0 spiro atoms. The normalized spacial score (nSPS) is 13.2. The molecular formula is C37H73N2+. The summed E-state index contributed by atoms with van der Waals surface area (Å²) in [6.07, 6.45) is 44.2. The second-order valence-electron chi connectivity index (χ2n) is 12.9. The van der Waals surface area contributed by atoms with Crippen molar-refractivity contribution < 1.29 is 4.57 Å². The van der Waals surface area contributed by atoms with Crippen molar-refractivity contribution in [2.24, 2.45) is 0 Å². The lowest BCUT2D eigenvalue weighted by Crippen LogP contribution is -2.41. The number of nitrogens with zero attached hydrogens (tertiary/aromatic N) is 1. The maximum Gasteiger partial charge on any atom is 0.257 e. The molecule has 0 saturated heterocycles. The van der Waals surface area contributed by atoms with E-state index < -0.39 is 0 Å². The number of nitrogens with one attached hydrogen (secondary N) is 1. The van der Waals surface area contributed by atoms with Gasteiger partial charge < -0.3 is 0 Å². The van der Waals surface area contributed by atoms with Crippen LogP contribution < -0.4 is 4.57 Å². The maximum atomic E-state index is 3.72. The summed E-state index contributed by atoms with van der Waals surface area (Å²) in [7, 11) is 0. The Morgan fingerprint density at radius 2 is 0.821 bits per heavy atom. The Morgan fingerprint density at radius 3 is 1.21 bits per heavy atom. The number of hydrogen-bond donors (Lipinski definition) is 1. The Bertz CT molecular complexity index is 606. The first kappa shape index (κ1) is 36.2. The van der Waals surface area contributed by atoms with Crippen LogP contribution in [-0.2, 0) is 0 Å². The number of imidazole rings is 1. The standard InChI is InChI=1S/C37H72N2/c1-5-8-11-14-16-18-19-20-21-22-25-27-30-35(4)39-34-33-38-37(39)36(31-28-24-13-10-7-3)32-29-26-23-17-15-12-9-6-2/h33-36H,5-32H2,1-4H3/p+1. The summed E-state index contributed by atoms with van der Waals surface area (Å²) in [5, 5.41) is 0. The summed E-state index contributed by atoms with van der Waals surface area (Å²) in [5.41, 5.74) is 0. The molecule has 0 bridgehead atoms. The molecule has 0 aliphatic carbocycles. The zero-order valence-corrected chi connectivity index (χ0v) is 27.6. The van der Waals surface area contributed by atoms with E-state index >= 15 is 0 Å². The first-order valence-corrected chi connectivity index (χ1v) is 18.3. The Hall–Kier alpha value is -0.790. The van der Waals surface area contributed by atoms with Crippen molar-refractivity contribution in [2.75, 3.05) is 0 Å². The van der Waals surface area contributed by atoms with Gasteiger partial charge in [0.15, 0.2) is 0 Å². The van der Waals surface area contributed by atoms with Crippen molar-refractivity contribution in [3.05, 3.63) is 18.2 Å². The number of hydrogen-bond acceptors (Lipinski definition) is 0. The molecule has 0 aromatic carbocycles. The largest absolute Gasteiger partial charge is 0.257 e.